The molecule has 2 fully saturated rings. The second-order valence-corrected chi connectivity index (χ2v) is 5.37. The van der Waals surface area contributed by atoms with Crippen LogP contribution in [-0.2, 0) is 9.53 Å². The number of carboxylic acids is 1. The van der Waals surface area contributed by atoms with Gasteiger partial charge in [-0.1, -0.05) is 25.7 Å². The fourth-order valence-corrected chi connectivity index (χ4v) is 3.06. The lowest BCUT2D eigenvalue weighted by Gasteiger charge is -2.33. The molecule has 4 nitrogen and oxygen atoms in total. The Kier molecular flexibility index (Phi) is 4.05. The first kappa shape index (κ1) is 12.8. The lowest BCUT2D eigenvalue weighted by atomic mass is 9.90. The van der Waals surface area contributed by atoms with Crippen LogP contribution < -0.4 is 5.32 Å². The number of hydrogen-bond donors (Lipinski definition) is 2. The van der Waals surface area contributed by atoms with Crippen molar-refractivity contribution >= 4 is 5.97 Å². The van der Waals surface area contributed by atoms with Gasteiger partial charge in [0, 0.05) is 19.1 Å². The van der Waals surface area contributed by atoms with Gasteiger partial charge in [0.2, 0.25) is 0 Å². The van der Waals surface area contributed by atoms with E-state index in [0.717, 1.165) is 12.8 Å². The Morgan fingerprint density at radius 3 is 2.41 bits per heavy atom. The SMILES string of the molecule is CC1OCCC1(NC1CCCCCC1)C(=O)O. The van der Waals surface area contributed by atoms with Crippen molar-refractivity contribution in [2.75, 3.05) is 6.61 Å². The Hall–Kier alpha value is -0.610. The van der Waals surface area contributed by atoms with Crippen molar-refractivity contribution in [2.45, 2.75) is 69.6 Å². The van der Waals surface area contributed by atoms with Crippen molar-refractivity contribution in [2.24, 2.45) is 0 Å². The maximum atomic E-state index is 11.6. The van der Waals surface area contributed by atoms with Crippen LogP contribution in [0.25, 0.3) is 0 Å². The third-order valence-electron chi connectivity index (χ3n) is 4.26. The summed E-state index contributed by atoms with van der Waals surface area (Å²) in [6.45, 7) is 2.41. The molecule has 0 amide bonds. The van der Waals surface area contributed by atoms with Gasteiger partial charge in [-0.3, -0.25) is 10.1 Å². The van der Waals surface area contributed by atoms with Gasteiger partial charge in [-0.15, -0.1) is 0 Å². The fraction of sp³-hybridized carbons (Fsp3) is 0.923. The lowest BCUT2D eigenvalue weighted by Crippen LogP contribution is -2.60. The van der Waals surface area contributed by atoms with E-state index in [4.69, 9.17) is 4.74 Å². The van der Waals surface area contributed by atoms with E-state index in [0.29, 0.717) is 19.1 Å². The van der Waals surface area contributed by atoms with Gasteiger partial charge in [-0.25, -0.2) is 0 Å². The van der Waals surface area contributed by atoms with E-state index in [2.05, 4.69) is 5.32 Å². The molecule has 2 aliphatic rings. The summed E-state index contributed by atoms with van der Waals surface area (Å²) in [5, 5.41) is 12.9. The zero-order chi connectivity index (χ0) is 12.3. The molecule has 1 aliphatic carbocycles. The van der Waals surface area contributed by atoms with E-state index in [1.165, 1.54) is 25.7 Å². The maximum Gasteiger partial charge on any atom is 0.326 e. The third-order valence-corrected chi connectivity index (χ3v) is 4.26. The Morgan fingerprint density at radius 2 is 1.94 bits per heavy atom. The van der Waals surface area contributed by atoms with Crippen LogP contribution >= 0.6 is 0 Å². The molecule has 1 saturated heterocycles. The van der Waals surface area contributed by atoms with Crippen LogP contribution in [0.5, 0.6) is 0 Å². The molecule has 4 heteroatoms. The van der Waals surface area contributed by atoms with Gasteiger partial charge in [0.1, 0.15) is 5.54 Å². The Labute approximate surface area is 103 Å². The van der Waals surface area contributed by atoms with Gasteiger partial charge in [0.05, 0.1) is 6.10 Å². The van der Waals surface area contributed by atoms with Crippen molar-refractivity contribution in [1.29, 1.82) is 0 Å². The molecule has 2 N–H and O–H groups in total. The molecule has 1 aliphatic heterocycles. The molecular formula is C13H23NO3. The van der Waals surface area contributed by atoms with E-state index in [1.807, 2.05) is 6.92 Å². The van der Waals surface area contributed by atoms with Crippen molar-refractivity contribution in [1.82, 2.24) is 5.32 Å². The quantitative estimate of drug-likeness (QED) is 0.741. The van der Waals surface area contributed by atoms with Crippen molar-refractivity contribution in [3.05, 3.63) is 0 Å². The first-order chi connectivity index (χ1) is 8.15. The van der Waals surface area contributed by atoms with Crippen LogP contribution in [-0.4, -0.2) is 35.4 Å². The summed E-state index contributed by atoms with van der Waals surface area (Å²) >= 11 is 0. The molecule has 0 radical (unpaired) electrons. The standard InChI is InChI=1S/C13H23NO3/c1-10-13(12(15)16,8-9-17-10)14-11-6-4-2-3-5-7-11/h10-11,14H,2-9H2,1H3,(H,15,16). The second kappa shape index (κ2) is 5.36. The van der Waals surface area contributed by atoms with E-state index in [-0.39, 0.29) is 6.10 Å². The van der Waals surface area contributed by atoms with E-state index < -0.39 is 11.5 Å². The lowest BCUT2D eigenvalue weighted by molar-refractivity contribution is -0.147. The summed E-state index contributed by atoms with van der Waals surface area (Å²) < 4.78 is 5.46. The molecule has 2 unspecified atom stereocenters. The highest BCUT2D eigenvalue weighted by Gasteiger charge is 2.49. The topological polar surface area (TPSA) is 58.6 Å². The van der Waals surface area contributed by atoms with Crippen LogP contribution in [0.15, 0.2) is 0 Å². The Balaban J connectivity index is 2.04. The van der Waals surface area contributed by atoms with Gasteiger partial charge in [-0.2, -0.15) is 0 Å². The number of hydrogen-bond acceptors (Lipinski definition) is 3. The van der Waals surface area contributed by atoms with E-state index >= 15 is 0 Å². The number of ether oxygens (including phenoxy) is 1. The summed E-state index contributed by atoms with van der Waals surface area (Å²) in [7, 11) is 0. The molecule has 0 aromatic heterocycles. The molecule has 1 saturated carbocycles. The molecule has 1 heterocycles. The molecule has 0 bridgehead atoms. The number of carbonyl (C=O) groups is 1. The second-order valence-electron chi connectivity index (χ2n) is 5.37. The number of rotatable bonds is 3. The van der Waals surface area contributed by atoms with Gasteiger partial charge in [0.15, 0.2) is 0 Å². The van der Waals surface area contributed by atoms with E-state index in [1.54, 1.807) is 0 Å². The predicted octanol–water partition coefficient (Wildman–Crippen LogP) is 1.93. The van der Waals surface area contributed by atoms with Crippen molar-refractivity contribution < 1.29 is 14.6 Å². The average Bonchev–Trinajstić information content (AvgIpc) is 2.52. The maximum absolute atomic E-state index is 11.6. The highest BCUT2D eigenvalue weighted by Crippen LogP contribution is 2.29. The highest BCUT2D eigenvalue weighted by atomic mass is 16.5. The van der Waals surface area contributed by atoms with Crippen LogP contribution in [0.1, 0.15) is 51.9 Å². The summed E-state index contributed by atoms with van der Waals surface area (Å²) in [4.78, 5) is 11.6. The molecule has 2 rings (SSSR count). The average molecular weight is 241 g/mol. The molecule has 2 atom stereocenters. The minimum atomic E-state index is -0.852. The summed E-state index contributed by atoms with van der Waals surface area (Å²) in [5.74, 6) is -0.758. The van der Waals surface area contributed by atoms with Crippen molar-refractivity contribution in [3.63, 3.8) is 0 Å². The van der Waals surface area contributed by atoms with Crippen LogP contribution in [0.2, 0.25) is 0 Å². The fourth-order valence-electron chi connectivity index (χ4n) is 3.06. The zero-order valence-electron chi connectivity index (χ0n) is 10.6. The van der Waals surface area contributed by atoms with Gasteiger partial charge < -0.3 is 9.84 Å². The van der Waals surface area contributed by atoms with Crippen LogP contribution in [0, 0.1) is 0 Å². The summed E-state index contributed by atoms with van der Waals surface area (Å²) in [6, 6.07) is 0.345. The van der Waals surface area contributed by atoms with Crippen LogP contribution in [0.4, 0.5) is 0 Å². The Morgan fingerprint density at radius 1 is 1.29 bits per heavy atom. The normalized spacial score (nSPS) is 35.7. The first-order valence-electron chi connectivity index (χ1n) is 6.78. The van der Waals surface area contributed by atoms with Gasteiger partial charge in [-0.05, 0) is 19.8 Å². The number of aliphatic carboxylic acids is 1. The highest BCUT2D eigenvalue weighted by molar-refractivity contribution is 5.80. The third kappa shape index (κ3) is 2.63. The number of nitrogens with one attached hydrogen (secondary N) is 1. The molecule has 17 heavy (non-hydrogen) atoms. The predicted molar refractivity (Wildman–Crippen MR) is 65.0 cm³/mol. The van der Waals surface area contributed by atoms with E-state index in [9.17, 15) is 9.90 Å². The molecule has 0 aromatic carbocycles. The van der Waals surface area contributed by atoms with Crippen LogP contribution in [0.3, 0.4) is 0 Å². The number of carboxylic acid groups (broad SMARTS) is 1. The monoisotopic (exact) mass is 241 g/mol. The molecule has 0 aromatic rings. The van der Waals surface area contributed by atoms with Crippen molar-refractivity contribution in [3.8, 4) is 0 Å². The summed E-state index contributed by atoms with van der Waals surface area (Å²) in [5.41, 5.74) is -0.852. The largest absolute Gasteiger partial charge is 0.480 e. The molecular weight excluding hydrogens is 218 g/mol. The minimum absolute atomic E-state index is 0.233. The molecule has 98 valence electrons. The Bertz CT molecular complexity index is 274. The first-order valence-corrected chi connectivity index (χ1v) is 6.78. The molecule has 0 spiro atoms. The van der Waals surface area contributed by atoms with Gasteiger partial charge >= 0.3 is 5.97 Å². The smallest absolute Gasteiger partial charge is 0.326 e. The van der Waals surface area contributed by atoms with Gasteiger partial charge in [0.25, 0.3) is 0 Å². The minimum Gasteiger partial charge on any atom is -0.480 e. The zero-order valence-corrected chi connectivity index (χ0v) is 10.6. The summed E-state index contributed by atoms with van der Waals surface area (Å²) in [6.07, 6.45) is 7.53.